The minimum absolute atomic E-state index is 0.314. The van der Waals surface area contributed by atoms with Crippen molar-refractivity contribution in [2.24, 2.45) is 0 Å². The van der Waals surface area contributed by atoms with E-state index in [1.54, 1.807) is 0 Å². The minimum Gasteiger partial charge on any atom is -0.387 e. The average Bonchev–Trinajstić information content (AvgIpc) is 3.02. The van der Waals surface area contributed by atoms with Gasteiger partial charge in [0, 0.05) is 5.69 Å². The summed E-state index contributed by atoms with van der Waals surface area (Å²) in [4.78, 5) is 4.52. The van der Waals surface area contributed by atoms with Crippen molar-refractivity contribution in [2.45, 2.75) is 51.0 Å². The van der Waals surface area contributed by atoms with E-state index in [9.17, 15) is 5.11 Å². The molecule has 1 fully saturated rings. The second-order valence-corrected chi connectivity index (χ2v) is 4.90. The quantitative estimate of drug-likeness (QED) is 0.761. The number of pyridine rings is 1. The van der Waals surface area contributed by atoms with E-state index in [0.717, 1.165) is 36.6 Å². The Morgan fingerprint density at radius 2 is 2.13 bits per heavy atom. The van der Waals surface area contributed by atoms with E-state index in [2.05, 4.69) is 11.1 Å². The summed E-state index contributed by atoms with van der Waals surface area (Å²) in [6, 6.07) is 2.23. The highest BCUT2D eigenvalue weighted by atomic mass is 16.3. The number of aliphatic hydroxyl groups excluding tert-OH is 1. The Balaban J connectivity index is 2.14. The maximum absolute atomic E-state index is 9.95. The molecule has 0 saturated heterocycles. The van der Waals surface area contributed by atoms with Crippen LogP contribution in [0.15, 0.2) is 6.07 Å². The van der Waals surface area contributed by atoms with E-state index in [4.69, 9.17) is 0 Å². The maximum Gasteiger partial charge on any atom is 0.0962 e. The van der Waals surface area contributed by atoms with Crippen molar-refractivity contribution in [2.75, 3.05) is 0 Å². The molecule has 0 aliphatic heterocycles. The number of rotatable bonds is 1. The van der Waals surface area contributed by atoms with Crippen molar-refractivity contribution in [3.8, 4) is 0 Å². The lowest BCUT2D eigenvalue weighted by Crippen LogP contribution is -2.14. The van der Waals surface area contributed by atoms with Gasteiger partial charge in [-0.25, -0.2) is 0 Å². The van der Waals surface area contributed by atoms with Crippen molar-refractivity contribution in [1.29, 1.82) is 0 Å². The Kier molecular flexibility index (Phi) is 2.06. The smallest absolute Gasteiger partial charge is 0.0962 e. The van der Waals surface area contributed by atoms with Gasteiger partial charge in [-0.15, -0.1) is 0 Å². The first-order valence-electron chi connectivity index (χ1n) is 5.94. The summed E-state index contributed by atoms with van der Waals surface area (Å²) >= 11 is 0. The number of nitrogens with zero attached hydrogens (tertiary/aromatic N) is 1. The molecule has 1 aromatic heterocycles. The number of hydrogen-bond donors (Lipinski definition) is 1. The molecule has 2 aliphatic carbocycles. The van der Waals surface area contributed by atoms with Gasteiger partial charge in [-0.2, -0.15) is 0 Å². The summed E-state index contributed by atoms with van der Waals surface area (Å²) in [5.74, 6) is 0.769. The van der Waals surface area contributed by atoms with E-state index >= 15 is 0 Å². The van der Waals surface area contributed by atoms with E-state index in [1.165, 1.54) is 24.0 Å². The van der Waals surface area contributed by atoms with Gasteiger partial charge in [-0.05, 0) is 62.1 Å². The van der Waals surface area contributed by atoms with Crippen molar-refractivity contribution >= 4 is 0 Å². The van der Waals surface area contributed by atoms with Crippen LogP contribution in [0.3, 0.4) is 0 Å². The zero-order chi connectivity index (χ0) is 10.4. The lowest BCUT2D eigenvalue weighted by atomic mass is 9.88. The molecule has 2 aliphatic rings. The molecule has 1 atom stereocenters. The zero-order valence-electron chi connectivity index (χ0n) is 9.16. The Morgan fingerprint density at radius 3 is 2.87 bits per heavy atom. The molecular formula is C13H17NO. The van der Waals surface area contributed by atoms with Crippen LogP contribution in [0.2, 0.25) is 0 Å². The van der Waals surface area contributed by atoms with Gasteiger partial charge < -0.3 is 5.11 Å². The van der Waals surface area contributed by atoms with Gasteiger partial charge in [0.15, 0.2) is 0 Å². The second kappa shape index (κ2) is 3.31. The number of fused-ring (bicyclic) bond motifs is 1. The maximum atomic E-state index is 9.95. The minimum atomic E-state index is -0.314. The highest BCUT2D eigenvalue weighted by Crippen LogP contribution is 2.44. The molecule has 0 amide bonds. The van der Waals surface area contributed by atoms with Gasteiger partial charge in [0.1, 0.15) is 0 Å². The molecule has 80 valence electrons. The molecular weight excluding hydrogens is 186 g/mol. The summed E-state index contributed by atoms with van der Waals surface area (Å²) < 4.78 is 0. The number of aromatic nitrogens is 1. The molecule has 0 bridgehead atoms. The first kappa shape index (κ1) is 9.34. The Labute approximate surface area is 90.4 Å². The molecule has 15 heavy (non-hydrogen) atoms. The molecule has 1 N–H and O–H groups in total. The van der Waals surface area contributed by atoms with Crippen LogP contribution in [0, 0.1) is 6.92 Å². The lowest BCUT2D eigenvalue weighted by Gasteiger charge is -2.23. The molecule has 3 rings (SSSR count). The van der Waals surface area contributed by atoms with Gasteiger partial charge in [0.25, 0.3) is 0 Å². The predicted molar refractivity (Wildman–Crippen MR) is 58.8 cm³/mol. The lowest BCUT2D eigenvalue weighted by molar-refractivity contribution is 0.151. The van der Waals surface area contributed by atoms with Gasteiger partial charge >= 0.3 is 0 Å². The van der Waals surface area contributed by atoms with Crippen molar-refractivity contribution in [1.82, 2.24) is 4.98 Å². The molecule has 1 saturated carbocycles. The molecule has 1 heterocycles. The third-order valence-electron chi connectivity index (χ3n) is 3.56. The third-order valence-corrected chi connectivity index (χ3v) is 3.56. The normalized spacial score (nSPS) is 25.1. The van der Waals surface area contributed by atoms with Crippen LogP contribution < -0.4 is 0 Å². The van der Waals surface area contributed by atoms with E-state index < -0.39 is 0 Å². The van der Waals surface area contributed by atoms with Crippen molar-refractivity contribution < 1.29 is 5.11 Å². The van der Waals surface area contributed by atoms with Gasteiger partial charge in [-0.1, -0.05) is 0 Å². The van der Waals surface area contributed by atoms with Gasteiger partial charge in [-0.3, -0.25) is 4.98 Å². The van der Waals surface area contributed by atoms with Crippen LogP contribution in [0.4, 0.5) is 0 Å². The molecule has 0 radical (unpaired) electrons. The number of aliphatic hydroxyl groups is 1. The van der Waals surface area contributed by atoms with Crippen LogP contribution in [-0.4, -0.2) is 10.1 Å². The van der Waals surface area contributed by atoms with Crippen LogP contribution in [-0.2, 0) is 6.42 Å². The Hall–Kier alpha value is -0.890. The van der Waals surface area contributed by atoms with Crippen LogP contribution in [0.25, 0.3) is 0 Å². The SMILES string of the molecule is Cc1cc(C2CC2)c2c(n1)C(O)CCC2. The summed E-state index contributed by atoms with van der Waals surface area (Å²) in [7, 11) is 0. The monoisotopic (exact) mass is 203 g/mol. The zero-order valence-corrected chi connectivity index (χ0v) is 9.16. The summed E-state index contributed by atoms with van der Waals surface area (Å²) in [5, 5.41) is 9.95. The second-order valence-electron chi connectivity index (χ2n) is 4.90. The van der Waals surface area contributed by atoms with Crippen molar-refractivity contribution in [3.05, 3.63) is 28.6 Å². The topological polar surface area (TPSA) is 33.1 Å². The fraction of sp³-hybridized carbons (Fsp3) is 0.615. The standard InChI is InChI=1S/C13H17NO/c1-8-7-11(9-5-6-9)10-3-2-4-12(15)13(10)14-8/h7,9,12,15H,2-6H2,1H3. The van der Waals surface area contributed by atoms with Gasteiger partial charge in [0.2, 0.25) is 0 Å². The fourth-order valence-corrected chi connectivity index (χ4v) is 2.67. The van der Waals surface area contributed by atoms with E-state index in [1.807, 2.05) is 6.92 Å². The van der Waals surface area contributed by atoms with Crippen LogP contribution >= 0.6 is 0 Å². The molecule has 0 spiro atoms. The molecule has 1 unspecified atom stereocenters. The first-order chi connectivity index (χ1) is 7.25. The largest absolute Gasteiger partial charge is 0.387 e. The van der Waals surface area contributed by atoms with E-state index in [-0.39, 0.29) is 6.10 Å². The predicted octanol–water partition coefficient (Wildman–Crippen LogP) is 2.64. The molecule has 2 nitrogen and oxygen atoms in total. The molecule has 0 aromatic carbocycles. The third kappa shape index (κ3) is 1.57. The summed E-state index contributed by atoms with van der Waals surface area (Å²) in [5.41, 5.74) is 4.89. The molecule has 2 heteroatoms. The number of aryl methyl sites for hydroxylation is 1. The molecule has 1 aromatic rings. The average molecular weight is 203 g/mol. The highest BCUT2D eigenvalue weighted by molar-refractivity contribution is 5.39. The fourth-order valence-electron chi connectivity index (χ4n) is 2.67. The summed E-state index contributed by atoms with van der Waals surface area (Å²) in [6.07, 6.45) is 5.45. The van der Waals surface area contributed by atoms with Crippen LogP contribution in [0.1, 0.15) is 60.2 Å². The van der Waals surface area contributed by atoms with Crippen molar-refractivity contribution in [3.63, 3.8) is 0 Å². The Morgan fingerprint density at radius 1 is 1.33 bits per heavy atom. The summed E-state index contributed by atoms with van der Waals surface area (Å²) in [6.45, 7) is 2.04. The highest BCUT2D eigenvalue weighted by Gasteiger charge is 2.30. The van der Waals surface area contributed by atoms with Gasteiger partial charge in [0.05, 0.1) is 11.8 Å². The van der Waals surface area contributed by atoms with E-state index in [0.29, 0.717) is 0 Å². The Bertz CT molecular complexity index is 379. The number of hydrogen-bond acceptors (Lipinski definition) is 2. The van der Waals surface area contributed by atoms with Crippen LogP contribution in [0.5, 0.6) is 0 Å². The first-order valence-corrected chi connectivity index (χ1v) is 5.94.